The van der Waals surface area contributed by atoms with E-state index >= 15 is 0 Å². The van der Waals surface area contributed by atoms with Gasteiger partial charge in [-0.05, 0) is 44.7 Å². The van der Waals surface area contributed by atoms with Gasteiger partial charge in [-0.15, -0.1) is 0 Å². The number of hydrogen-bond acceptors (Lipinski definition) is 3. The first-order valence-corrected chi connectivity index (χ1v) is 7.98. The molecule has 3 atom stereocenters. The summed E-state index contributed by atoms with van der Waals surface area (Å²) in [5, 5.41) is 3.58. The van der Waals surface area contributed by atoms with Crippen LogP contribution in [0.1, 0.15) is 32.6 Å². The van der Waals surface area contributed by atoms with Crippen molar-refractivity contribution in [1.29, 1.82) is 0 Å². The maximum atomic E-state index is 13.2. The predicted octanol–water partition coefficient (Wildman–Crippen LogP) is 2.33. The van der Waals surface area contributed by atoms with Crippen LogP contribution in [0.3, 0.4) is 0 Å². The van der Waals surface area contributed by atoms with Crippen molar-refractivity contribution >= 4 is 5.91 Å². The summed E-state index contributed by atoms with van der Waals surface area (Å²) >= 11 is 0. The largest absolute Gasteiger partial charge is 0.481 e. The number of carbonyl (C=O) groups excluding carboxylic acids is 1. The smallest absolute Gasteiger partial charge is 0.263 e. The van der Waals surface area contributed by atoms with Gasteiger partial charge in [-0.2, -0.15) is 0 Å². The summed E-state index contributed by atoms with van der Waals surface area (Å²) < 4.78 is 18.8. The molecule has 2 aliphatic heterocycles. The van der Waals surface area contributed by atoms with Gasteiger partial charge in [0.05, 0.1) is 0 Å². The minimum absolute atomic E-state index is 0.0458. The van der Waals surface area contributed by atoms with Crippen molar-refractivity contribution in [3.8, 4) is 5.75 Å². The van der Waals surface area contributed by atoms with E-state index in [2.05, 4.69) is 5.32 Å². The van der Waals surface area contributed by atoms with E-state index < -0.39 is 6.10 Å². The molecule has 2 saturated heterocycles. The zero-order valence-electron chi connectivity index (χ0n) is 13.1. The first kappa shape index (κ1) is 15.3. The fourth-order valence-electron chi connectivity index (χ4n) is 3.61. The third-order valence-electron chi connectivity index (χ3n) is 4.80. The number of hydrogen-bond donors (Lipinski definition) is 1. The van der Waals surface area contributed by atoms with Crippen molar-refractivity contribution in [2.75, 3.05) is 7.05 Å². The molecule has 0 spiro atoms. The maximum Gasteiger partial charge on any atom is 0.263 e. The SMILES string of the molecule is CC(Oc1cccc(F)c1)C(=O)N(C)C1CC2CCC(C1)N2. The second kappa shape index (κ2) is 6.24. The molecule has 120 valence electrons. The molecule has 0 aliphatic carbocycles. The molecule has 2 aliphatic rings. The number of amides is 1. The Morgan fingerprint density at radius 1 is 1.36 bits per heavy atom. The molecule has 0 aromatic heterocycles. The molecule has 1 amide bonds. The van der Waals surface area contributed by atoms with Crippen molar-refractivity contribution < 1.29 is 13.9 Å². The Balaban J connectivity index is 1.60. The standard InChI is InChI=1S/C17H23FN2O2/c1-11(22-16-5-3-4-12(18)8-16)17(21)20(2)15-9-13-6-7-14(10-15)19-13/h3-5,8,11,13-15,19H,6-7,9-10H2,1-2H3. The summed E-state index contributed by atoms with van der Waals surface area (Å²) in [6.07, 6.45) is 3.81. The monoisotopic (exact) mass is 306 g/mol. The van der Waals surface area contributed by atoms with Crippen LogP contribution in [0.5, 0.6) is 5.75 Å². The maximum absolute atomic E-state index is 13.2. The van der Waals surface area contributed by atoms with E-state index in [4.69, 9.17) is 4.74 Å². The van der Waals surface area contributed by atoms with Gasteiger partial charge in [0.2, 0.25) is 0 Å². The number of nitrogens with one attached hydrogen (secondary N) is 1. The minimum Gasteiger partial charge on any atom is -0.481 e. The van der Waals surface area contributed by atoms with Crippen molar-refractivity contribution in [3.63, 3.8) is 0 Å². The van der Waals surface area contributed by atoms with Gasteiger partial charge in [-0.1, -0.05) is 6.07 Å². The first-order chi connectivity index (χ1) is 10.5. The lowest BCUT2D eigenvalue weighted by molar-refractivity contribution is -0.139. The zero-order valence-corrected chi connectivity index (χ0v) is 13.1. The van der Waals surface area contributed by atoms with Crippen LogP contribution in [0, 0.1) is 5.82 Å². The normalized spacial score (nSPS) is 28.2. The summed E-state index contributed by atoms with van der Waals surface area (Å²) in [6, 6.07) is 7.25. The van der Waals surface area contributed by atoms with E-state index in [1.54, 1.807) is 19.1 Å². The van der Waals surface area contributed by atoms with Crippen LogP contribution in [0.15, 0.2) is 24.3 Å². The van der Waals surface area contributed by atoms with Crippen LogP contribution in [-0.2, 0) is 4.79 Å². The third kappa shape index (κ3) is 3.24. The lowest BCUT2D eigenvalue weighted by Crippen LogP contribution is -2.51. The Hall–Kier alpha value is -1.62. The van der Waals surface area contributed by atoms with E-state index in [1.165, 1.54) is 25.0 Å². The molecule has 5 heteroatoms. The second-order valence-corrected chi connectivity index (χ2v) is 6.43. The van der Waals surface area contributed by atoms with Crippen LogP contribution in [0.2, 0.25) is 0 Å². The highest BCUT2D eigenvalue weighted by molar-refractivity contribution is 5.81. The van der Waals surface area contributed by atoms with Crippen LogP contribution < -0.4 is 10.1 Å². The fourth-order valence-corrected chi connectivity index (χ4v) is 3.61. The van der Waals surface area contributed by atoms with E-state index in [0.717, 1.165) is 12.8 Å². The molecular weight excluding hydrogens is 283 g/mol. The zero-order chi connectivity index (χ0) is 15.7. The molecule has 1 N–H and O–H groups in total. The Morgan fingerprint density at radius 3 is 2.68 bits per heavy atom. The average molecular weight is 306 g/mol. The Morgan fingerprint density at radius 2 is 2.05 bits per heavy atom. The van der Waals surface area contributed by atoms with Crippen molar-refractivity contribution in [3.05, 3.63) is 30.1 Å². The molecule has 1 aromatic carbocycles. The number of benzene rings is 1. The van der Waals surface area contributed by atoms with Crippen LogP contribution in [0.25, 0.3) is 0 Å². The van der Waals surface area contributed by atoms with E-state index in [9.17, 15) is 9.18 Å². The number of nitrogens with zero attached hydrogens (tertiary/aromatic N) is 1. The summed E-state index contributed by atoms with van der Waals surface area (Å²) in [6.45, 7) is 1.72. The second-order valence-electron chi connectivity index (χ2n) is 6.43. The molecule has 1 aromatic rings. The van der Waals surface area contributed by atoms with Crippen LogP contribution >= 0.6 is 0 Å². The highest BCUT2D eigenvalue weighted by atomic mass is 19.1. The number of fused-ring (bicyclic) bond motifs is 2. The number of ether oxygens (including phenoxy) is 1. The fraction of sp³-hybridized carbons (Fsp3) is 0.588. The molecule has 3 unspecified atom stereocenters. The van der Waals surface area contributed by atoms with E-state index in [0.29, 0.717) is 17.8 Å². The van der Waals surface area contributed by atoms with E-state index in [-0.39, 0.29) is 17.8 Å². The Bertz CT molecular complexity index is 539. The van der Waals surface area contributed by atoms with Crippen molar-refractivity contribution in [2.24, 2.45) is 0 Å². The molecule has 22 heavy (non-hydrogen) atoms. The first-order valence-electron chi connectivity index (χ1n) is 7.98. The summed E-state index contributed by atoms with van der Waals surface area (Å²) in [7, 11) is 1.85. The summed E-state index contributed by atoms with van der Waals surface area (Å²) in [5.74, 6) is -0.0179. The molecular formula is C17H23FN2O2. The number of piperidine rings is 1. The number of halogens is 1. The van der Waals surface area contributed by atoms with Crippen molar-refractivity contribution in [1.82, 2.24) is 10.2 Å². The minimum atomic E-state index is -0.612. The van der Waals surface area contributed by atoms with Crippen LogP contribution in [-0.4, -0.2) is 42.1 Å². The van der Waals surface area contributed by atoms with Gasteiger partial charge in [0.15, 0.2) is 6.10 Å². The van der Waals surface area contributed by atoms with Gasteiger partial charge < -0.3 is 15.0 Å². The van der Waals surface area contributed by atoms with Gasteiger partial charge >= 0.3 is 0 Å². The van der Waals surface area contributed by atoms with Gasteiger partial charge in [0.25, 0.3) is 5.91 Å². The highest BCUT2D eigenvalue weighted by Gasteiger charge is 2.37. The molecule has 0 radical (unpaired) electrons. The lowest BCUT2D eigenvalue weighted by Gasteiger charge is -2.36. The molecule has 2 bridgehead atoms. The lowest BCUT2D eigenvalue weighted by atomic mass is 9.98. The van der Waals surface area contributed by atoms with Crippen LogP contribution in [0.4, 0.5) is 4.39 Å². The van der Waals surface area contributed by atoms with Gasteiger partial charge in [-0.3, -0.25) is 4.79 Å². The molecule has 3 rings (SSSR count). The summed E-state index contributed by atoms with van der Waals surface area (Å²) in [4.78, 5) is 14.4. The quantitative estimate of drug-likeness (QED) is 0.928. The molecule has 2 heterocycles. The van der Waals surface area contributed by atoms with Gasteiger partial charge in [0, 0.05) is 31.2 Å². The number of rotatable bonds is 4. The van der Waals surface area contributed by atoms with Gasteiger partial charge in [0.1, 0.15) is 11.6 Å². The van der Waals surface area contributed by atoms with Gasteiger partial charge in [-0.25, -0.2) is 4.39 Å². The average Bonchev–Trinajstić information content (AvgIpc) is 2.84. The third-order valence-corrected chi connectivity index (χ3v) is 4.80. The molecule has 4 nitrogen and oxygen atoms in total. The Labute approximate surface area is 130 Å². The molecule has 0 saturated carbocycles. The number of likely N-dealkylation sites (N-methyl/N-ethyl adjacent to an activating group) is 1. The predicted molar refractivity (Wildman–Crippen MR) is 82.2 cm³/mol. The topological polar surface area (TPSA) is 41.6 Å². The van der Waals surface area contributed by atoms with E-state index in [1.807, 2.05) is 11.9 Å². The number of carbonyl (C=O) groups is 1. The highest BCUT2D eigenvalue weighted by Crippen LogP contribution is 2.29. The Kier molecular flexibility index (Phi) is 4.34. The van der Waals surface area contributed by atoms with Crippen molar-refractivity contribution in [2.45, 2.75) is 56.8 Å². The summed E-state index contributed by atoms with van der Waals surface area (Å²) in [5.41, 5.74) is 0. The molecule has 2 fully saturated rings.